The summed E-state index contributed by atoms with van der Waals surface area (Å²) in [6.07, 6.45) is 6.93. The summed E-state index contributed by atoms with van der Waals surface area (Å²) < 4.78 is 5.34. The van der Waals surface area contributed by atoms with E-state index in [-0.39, 0.29) is 18.1 Å². The Bertz CT molecular complexity index is 1270. The van der Waals surface area contributed by atoms with Crippen molar-refractivity contribution in [2.24, 2.45) is 0 Å². The highest BCUT2D eigenvalue weighted by Crippen LogP contribution is 2.34. The zero-order chi connectivity index (χ0) is 19.8. The molecule has 1 aliphatic rings. The molecular formula is C22H21N3O3S. The first kappa shape index (κ1) is 18.1. The van der Waals surface area contributed by atoms with Gasteiger partial charge >= 0.3 is 5.97 Å². The zero-order valence-electron chi connectivity index (χ0n) is 15.9. The lowest BCUT2D eigenvalue weighted by Gasteiger charge is -2.05. The van der Waals surface area contributed by atoms with Crippen LogP contribution in [0.15, 0.2) is 35.3 Å². The topological polar surface area (TPSA) is 87.8 Å². The Kier molecular flexibility index (Phi) is 4.67. The van der Waals surface area contributed by atoms with E-state index in [1.54, 1.807) is 11.3 Å². The van der Waals surface area contributed by atoms with Crippen LogP contribution in [0.5, 0.6) is 0 Å². The number of hydrogen-bond donors (Lipinski definition) is 2. The minimum absolute atomic E-state index is 0.000332. The highest BCUT2D eigenvalue weighted by atomic mass is 32.1. The van der Waals surface area contributed by atoms with Gasteiger partial charge in [0.15, 0.2) is 0 Å². The monoisotopic (exact) mass is 407 g/mol. The summed E-state index contributed by atoms with van der Waals surface area (Å²) in [5.41, 5.74) is 3.34. The van der Waals surface area contributed by atoms with Crippen LogP contribution in [0.3, 0.4) is 0 Å². The van der Waals surface area contributed by atoms with E-state index in [1.165, 1.54) is 15.8 Å². The number of thiophene rings is 1. The average Bonchev–Trinajstić information content (AvgIpc) is 3.41. The van der Waals surface area contributed by atoms with Gasteiger partial charge in [0.05, 0.1) is 5.39 Å². The largest absolute Gasteiger partial charge is 0.458 e. The molecule has 0 saturated carbocycles. The molecule has 29 heavy (non-hydrogen) atoms. The maximum absolute atomic E-state index is 12.4. The number of esters is 1. The number of benzene rings is 1. The van der Waals surface area contributed by atoms with Crippen molar-refractivity contribution in [1.29, 1.82) is 0 Å². The lowest BCUT2D eigenvalue weighted by atomic mass is 10.1. The minimum Gasteiger partial charge on any atom is -0.458 e. The van der Waals surface area contributed by atoms with E-state index in [1.807, 2.05) is 24.4 Å². The molecule has 0 atom stereocenters. The first-order valence-corrected chi connectivity index (χ1v) is 10.7. The summed E-state index contributed by atoms with van der Waals surface area (Å²) in [6.45, 7) is -0.000332. The van der Waals surface area contributed by atoms with Gasteiger partial charge in [-0.1, -0.05) is 18.2 Å². The van der Waals surface area contributed by atoms with E-state index in [0.717, 1.165) is 47.0 Å². The summed E-state index contributed by atoms with van der Waals surface area (Å²) in [5.74, 6) is 0.133. The molecule has 3 aromatic heterocycles. The number of aromatic amines is 2. The molecule has 0 aliphatic heterocycles. The molecule has 0 unspecified atom stereocenters. The van der Waals surface area contributed by atoms with Gasteiger partial charge in [-0.25, -0.2) is 4.98 Å². The number of ether oxygens (including phenoxy) is 1. The van der Waals surface area contributed by atoms with E-state index in [0.29, 0.717) is 18.7 Å². The quantitative estimate of drug-likeness (QED) is 0.473. The molecule has 5 rings (SSSR count). The maximum Gasteiger partial charge on any atom is 0.306 e. The van der Waals surface area contributed by atoms with E-state index in [9.17, 15) is 9.59 Å². The number of fused-ring (bicyclic) bond motifs is 4. The molecule has 0 amide bonds. The van der Waals surface area contributed by atoms with Gasteiger partial charge in [0, 0.05) is 28.4 Å². The van der Waals surface area contributed by atoms with Crippen LogP contribution in [0.25, 0.3) is 21.1 Å². The molecule has 0 saturated heterocycles. The van der Waals surface area contributed by atoms with E-state index < -0.39 is 0 Å². The number of H-pyrrole nitrogens is 2. The SMILES string of the molecule is O=C(CCCc1c[nH]c2ccccc12)OCc1nc2sc3c(c2c(=O)[nH]1)CCC3. The Balaban J connectivity index is 1.18. The van der Waals surface area contributed by atoms with Gasteiger partial charge < -0.3 is 14.7 Å². The molecular weight excluding hydrogens is 386 g/mol. The van der Waals surface area contributed by atoms with Crippen molar-refractivity contribution in [3.63, 3.8) is 0 Å². The third kappa shape index (κ3) is 3.46. The van der Waals surface area contributed by atoms with Gasteiger partial charge in [-0.3, -0.25) is 9.59 Å². The number of hydrogen-bond acceptors (Lipinski definition) is 5. The summed E-state index contributed by atoms with van der Waals surface area (Å²) >= 11 is 1.59. The first-order valence-electron chi connectivity index (χ1n) is 9.93. The van der Waals surface area contributed by atoms with Crippen molar-refractivity contribution in [2.75, 3.05) is 0 Å². The highest BCUT2D eigenvalue weighted by molar-refractivity contribution is 7.18. The zero-order valence-corrected chi connectivity index (χ0v) is 16.7. The average molecular weight is 407 g/mol. The second-order valence-corrected chi connectivity index (χ2v) is 8.51. The third-order valence-corrected chi connectivity index (χ3v) is 6.68. The van der Waals surface area contributed by atoms with Crippen LogP contribution in [0.2, 0.25) is 0 Å². The van der Waals surface area contributed by atoms with Crippen LogP contribution < -0.4 is 5.56 Å². The van der Waals surface area contributed by atoms with Gasteiger partial charge in [-0.2, -0.15) is 0 Å². The van der Waals surface area contributed by atoms with Crippen molar-refractivity contribution in [2.45, 2.75) is 45.1 Å². The fourth-order valence-corrected chi connectivity index (χ4v) is 5.38. The molecule has 4 aromatic rings. The fourth-order valence-electron chi connectivity index (χ4n) is 4.10. The number of carbonyl (C=O) groups is 1. The lowest BCUT2D eigenvalue weighted by molar-refractivity contribution is -0.145. The fraction of sp³-hybridized carbons (Fsp3) is 0.318. The summed E-state index contributed by atoms with van der Waals surface area (Å²) in [5, 5.41) is 1.91. The Morgan fingerprint density at radius 2 is 2.14 bits per heavy atom. The second-order valence-electron chi connectivity index (χ2n) is 7.42. The number of rotatable bonds is 6. The number of nitrogens with zero attached hydrogens (tertiary/aromatic N) is 1. The molecule has 0 bridgehead atoms. The van der Waals surface area contributed by atoms with Gasteiger partial charge in [0.25, 0.3) is 5.56 Å². The molecule has 1 aliphatic carbocycles. The minimum atomic E-state index is -0.277. The first-order chi connectivity index (χ1) is 14.2. The van der Waals surface area contributed by atoms with Crippen LogP contribution in [-0.2, 0) is 35.4 Å². The standard InChI is InChI=1S/C22H21N3O3S/c26-19(10-3-5-13-11-23-16-8-2-1-6-14(13)16)28-12-18-24-21(27)20-15-7-4-9-17(15)29-22(20)25-18/h1-2,6,8,11,23H,3-5,7,9-10,12H2,(H,24,25,27). The van der Waals surface area contributed by atoms with Gasteiger partial charge in [0.1, 0.15) is 17.3 Å². The molecule has 6 nitrogen and oxygen atoms in total. The predicted octanol–water partition coefficient (Wildman–Crippen LogP) is 4.02. The highest BCUT2D eigenvalue weighted by Gasteiger charge is 2.21. The van der Waals surface area contributed by atoms with E-state index in [4.69, 9.17) is 4.74 Å². The van der Waals surface area contributed by atoms with Crippen LogP contribution in [-0.4, -0.2) is 20.9 Å². The van der Waals surface area contributed by atoms with E-state index >= 15 is 0 Å². The molecule has 0 spiro atoms. The third-order valence-electron chi connectivity index (χ3n) is 5.50. The molecule has 3 heterocycles. The number of para-hydroxylation sites is 1. The van der Waals surface area contributed by atoms with Gasteiger partial charge in [-0.05, 0) is 49.3 Å². The summed E-state index contributed by atoms with van der Waals surface area (Å²) in [4.78, 5) is 37.1. The smallest absolute Gasteiger partial charge is 0.306 e. The Hall–Kier alpha value is -2.93. The summed E-state index contributed by atoms with van der Waals surface area (Å²) in [6, 6.07) is 8.14. The Morgan fingerprint density at radius 1 is 1.24 bits per heavy atom. The maximum atomic E-state index is 12.4. The van der Waals surface area contributed by atoms with Crippen molar-refractivity contribution in [3.05, 3.63) is 62.6 Å². The van der Waals surface area contributed by atoms with Crippen LogP contribution >= 0.6 is 11.3 Å². The lowest BCUT2D eigenvalue weighted by Crippen LogP contribution is -2.14. The Labute approximate surface area is 170 Å². The predicted molar refractivity (Wildman–Crippen MR) is 113 cm³/mol. The van der Waals surface area contributed by atoms with Gasteiger partial charge in [-0.15, -0.1) is 11.3 Å². The second kappa shape index (κ2) is 7.48. The molecule has 2 N–H and O–H groups in total. The van der Waals surface area contributed by atoms with Crippen LogP contribution in [0.4, 0.5) is 0 Å². The summed E-state index contributed by atoms with van der Waals surface area (Å²) in [7, 11) is 0. The Morgan fingerprint density at radius 3 is 3.07 bits per heavy atom. The van der Waals surface area contributed by atoms with Crippen LogP contribution in [0, 0.1) is 0 Å². The van der Waals surface area contributed by atoms with Crippen molar-refractivity contribution in [1.82, 2.24) is 15.0 Å². The van der Waals surface area contributed by atoms with E-state index in [2.05, 4.69) is 21.0 Å². The van der Waals surface area contributed by atoms with Crippen LogP contribution in [0.1, 0.15) is 41.1 Å². The number of nitrogens with one attached hydrogen (secondary N) is 2. The molecule has 0 fully saturated rings. The van der Waals surface area contributed by atoms with Crippen molar-refractivity contribution in [3.8, 4) is 0 Å². The molecule has 148 valence electrons. The molecule has 0 radical (unpaired) electrons. The van der Waals surface area contributed by atoms with Crippen molar-refractivity contribution < 1.29 is 9.53 Å². The van der Waals surface area contributed by atoms with Crippen molar-refractivity contribution >= 4 is 38.4 Å². The molecule has 1 aromatic carbocycles. The van der Waals surface area contributed by atoms with Gasteiger partial charge in [0.2, 0.25) is 0 Å². The normalized spacial score (nSPS) is 13.2. The molecule has 7 heteroatoms. The number of aryl methyl sites for hydroxylation is 3. The number of aromatic nitrogens is 3. The number of carbonyl (C=O) groups excluding carboxylic acids is 1.